The Hall–Kier alpha value is -1.01. The topological polar surface area (TPSA) is 56.0 Å². The zero-order chi connectivity index (χ0) is 15.3. The van der Waals surface area contributed by atoms with Crippen molar-refractivity contribution in [3.63, 3.8) is 0 Å². The van der Waals surface area contributed by atoms with Crippen molar-refractivity contribution in [1.82, 2.24) is 14.5 Å². The Morgan fingerprint density at radius 1 is 1.25 bits per heavy atom. The molecular formula is C14H25N3O2S. The van der Waals surface area contributed by atoms with Gasteiger partial charge in [0.15, 0.2) is 0 Å². The van der Waals surface area contributed by atoms with Crippen LogP contribution in [0.3, 0.4) is 0 Å². The van der Waals surface area contributed by atoms with Gasteiger partial charge in [-0.25, -0.2) is 4.79 Å². The van der Waals surface area contributed by atoms with Crippen molar-refractivity contribution in [2.45, 2.75) is 38.0 Å². The number of aromatic nitrogens is 2. The molecule has 1 aromatic heterocycles. The van der Waals surface area contributed by atoms with Gasteiger partial charge in [-0.3, -0.25) is 9.36 Å². The fourth-order valence-electron chi connectivity index (χ4n) is 2.29. The number of hydrogen-bond acceptors (Lipinski definition) is 4. The van der Waals surface area contributed by atoms with Gasteiger partial charge < -0.3 is 9.88 Å². The smallest absolute Gasteiger partial charge is 0.311 e. The average molecular weight is 299 g/mol. The number of nitrogens with zero attached hydrogens (tertiary/aromatic N) is 2. The monoisotopic (exact) mass is 299 g/mol. The molecule has 114 valence electrons. The third-order valence-corrected chi connectivity index (χ3v) is 5.59. The molecule has 0 aromatic carbocycles. The van der Waals surface area contributed by atoms with Crippen LogP contribution in [0.5, 0.6) is 0 Å². The highest BCUT2D eigenvalue weighted by molar-refractivity contribution is 8.00. The highest BCUT2D eigenvalue weighted by atomic mass is 32.2. The summed E-state index contributed by atoms with van der Waals surface area (Å²) in [6.07, 6.45) is 5.92. The maximum absolute atomic E-state index is 12.0. The predicted octanol–water partition coefficient (Wildman–Crippen LogP) is 1.10. The van der Waals surface area contributed by atoms with Gasteiger partial charge in [-0.1, -0.05) is 13.8 Å². The van der Waals surface area contributed by atoms with E-state index >= 15 is 0 Å². The lowest BCUT2D eigenvalue weighted by atomic mass is 10.0. The van der Waals surface area contributed by atoms with Gasteiger partial charge in [0, 0.05) is 43.7 Å². The zero-order valence-electron chi connectivity index (χ0n) is 13.0. The first kappa shape index (κ1) is 17.0. The molecule has 1 aromatic rings. The Bertz CT molecular complexity index is 550. The van der Waals surface area contributed by atoms with Gasteiger partial charge in [-0.05, 0) is 19.1 Å². The Morgan fingerprint density at radius 2 is 1.85 bits per heavy atom. The molecule has 0 atom stereocenters. The molecule has 0 aliphatic rings. The maximum atomic E-state index is 12.0. The van der Waals surface area contributed by atoms with E-state index in [0.717, 1.165) is 24.0 Å². The van der Waals surface area contributed by atoms with E-state index in [-0.39, 0.29) is 16.0 Å². The fourth-order valence-corrected chi connectivity index (χ4v) is 3.11. The lowest BCUT2D eigenvalue weighted by Crippen LogP contribution is -2.41. The van der Waals surface area contributed by atoms with E-state index in [9.17, 15) is 9.59 Å². The minimum absolute atomic E-state index is 0.214. The minimum Gasteiger partial charge on any atom is -0.311 e. The maximum Gasteiger partial charge on any atom is 0.330 e. The average Bonchev–Trinajstić information content (AvgIpc) is 2.47. The van der Waals surface area contributed by atoms with Crippen molar-refractivity contribution in [3.05, 3.63) is 32.6 Å². The third-order valence-electron chi connectivity index (χ3n) is 4.00. The highest BCUT2D eigenvalue weighted by Gasteiger charge is 2.24. The molecule has 1 N–H and O–H groups in total. The van der Waals surface area contributed by atoms with E-state index in [4.69, 9.17) is 0 Å². The molecule has 6 heteroatoms. The molecule has 0 fully saturated rings. The van der Waals surface area contributed by atoms with E-state index in [1.165, 1.54) is 11.6 Å². The number of hydrogen-bond donors (Lipinski definition) is 1. The summed E-state index contributed by atoms with van der Waals surface area (Å²) in [4.78, 5) is 23.6. The molecule has 0 saturated heterocycles. The van der Waals surface area contributed by atoms with Crippen LogP contribution >= 0.6 is 11.8 Å². The van der Waals surface area contributed by atoms with Crippen LogP contribution in [-0.2, 0) is 20.6 Å². The summed E-state index contributed by atoms with van der Waals surface area (Å²) in [5.74, 6) is 0. The molecule has 0 bridgehead atoms. The molecule has 0 spiro atoms. The number of nitrogens with one attached hydrogen (secondary N) is 1. The molecule has 1 rings (SSSR count). The van der Waals surface area contributed by atoms with Crippen LogP contribution < -0.4 is 16.6 Å². The Kier molecular flexibility index (Phi) is 6.07. The van der Waals surface area contributed by atoms with Gasteiger partial charge in [-0.15, -0.1) is 0 Å². The molecule has 0 amide bonds. The molecule has 20 heavy (non-hydrogen) atoms. The van der Waals surface area contributed by atoms with Crippen LogP contribution in [0.4, 0.5) is 0 Å². The molecule has 0 radical (unpaired) electrons. The van der Waals surface area contributed by atoms with Gasteiger partial charge in [0.1, 0.15) is 0 Å². The van der Waals surface area contributed by atoms with Crippen LogP contribution in [0, 0.1) is 0 Å². The SMILES string of the molecule is CCC(CC)(CNCc1cn(C)c(=O)n(C)c1=O)SC. The molecule has 5 nitrogen and oxygen atoms in total. The van der Waals surface area contributed by atoms with E-state index in [1.54, 1.807) is 13.2 Å². The van der Waals surface area contributed by atoms with Crippen molar-refractivity contribution in [2.24, 2.45) is 14.1 Å². The van der Waals surface area contributed by atoms with Crippen molar-refractivity contribution >= 4 is 11.8 Å². The van der Waals surface area contributed by atoms with Crippen LogP contribution in [0.1, 0.15) is 32.3 Å². The second-order valence-corrected chi connectivity index (χ2v) is 6.38. The van der Waals surface area contributed by atoms with Crippen LogP contribution in [0.2, 0.25) is 0 Å². The summed E-state index contributed by atoms with van der Waals surface area (Å²) in [6, 6.07) is 0. The van der Waals surface area contributed by atoms with Gasteiger partial charge in [0.25, 0.3) is 5.56 Å². The second kappa shape index (κ2) is 7.13. The van der Waals surface area contributed by atoms with E-state index in [1.807, 2.05) is 11.8 Å². The number of rotatable bonds is 7. The van der Waals surface area contributed by atoms with E-state index in [2.05, 4.69) is 25.4 Å². The first-order valence-corrected chi connectivity index (χ1v) is 8.14. The summed E-state index contributed by atoms with van der Waals surface area (Å²) < 4.78 is 2.81. The largest absolute Gasteiger partial charge is 0.330 e. The number of thioether (sulfide) groups is 1. The Morgan fingerprint density at radius 3 is 2.35 bits per heavy atom. The van der Waals surface area contributed by atoms with Gasteiger partial charge in [0.2, 0.25) is 0 Å². The van der Waals surface area contributed by atoms with Crippen LogP contribution in [0.15, 0.2) is 15.8 Å². The first-order chi connectivity index (χ1) is 9.40. The minimum atomic E-state index is -0.292. The molecule has 1 heterocycles. The molecule has 0 aliphatic heterocycles. The van der Waals surface area contributed by atoms with Crippen molar-refractivity contribution in [1.29, 1.82) is 0 Å². The standard InChI is InChI=1S/C14H25N3O2S/c1-6-14(7-2,20-5)10-15-8-11-9-16(3)13(19)17(4)12(11)18/h9,15H,6-8,10H2,1-5H3. The fraction of sp³-hybridized carbons (Fsp3) is 0.714. The molecule has 0 aliphatic carbocycles. The second-order valence-electron chi connectivity index (χ2n) is 5.11. The van der Waals surface area contributed by atoms with Crippen molar-refractivity contribution in [2.75, 3.05) is 12.8 Å². The Balaban J connectivity index is 2.82. The Labute approximate surface area is 124 Å². The van der Waals surface area contributed by atoms with Crippen LogP contribution in [-0.4, -0.2) is 26.7 Å². The summed E-state index contributed by atoms with van der Waals surface area (Å²) in [7, 11) is 3.17. The first-order valence-electron chi connectivity index (χ1n) is 6.92. The summed E-state index contributed by atoms with van der Waals surface area (Å²) >= 11 is 1.86. The van der Waals surface area contributed by atoms with Gasteiger partial charge >= 0.3 is 5.69 Å². The summed E-state index contributed by atoms with van der Waals surface area (Å²) in [5, 5.41) is 3.36. The summed E-state index contributed by atoms with van der Waals surface area (Å²) in [5.41, 5.74) is 0.111. The highest BCUT2D eigenvalue weighted by Crippen LogP contribution is 2.29. The predicted molar refractivity (Wildman–Crippen MR) is 85.5 cm³/mol. The van der Waals surface area contributed by atoms with Gasteiger partial charge in [0.05, 0.1) is 0 Å². The van der Waals surface area contributed by atoms with E-state index < -0.39 is 0 Å². The normalized spacial score (nSPS) is 11.8. The zero-order valence-corrected chi connectivity index (χ0v) is 13.8. The van der Waals surface area contributed by atoms with E-state index in [0.29, 0.717) is 12.1 Å². The van der Waals surface area contributed by atoms with Gasteiger partial charge in [-0.2, -0.15) is 11.8 Å². The van der Waals surface area contributed by atoms with Crippen LogP contribution in [0.25, 0.3) is 0 Å². The third kappa shape index (κ3) is 3.55. The lowest BCUT2D eigenvalue weighted by Gasteiger charge is -2.30. The summed E-state index contributed by atoms with van der Waals surface area (Å²) in [6.45, 7) is 5.72. The quantitative estimate of drug-likeness (QED) is 0.819. The lowest BCUT2D eigenvalue weighted by molar-refractivity contribution is 0.491. The molecule has 0 unspecified atom stereocenters. The molecule has 0 saturated carbocycles. The van der Waals surface area contributed by atoms with Crippen molar-refractivity contribution in [3.8, 4) is 0 Å². The van der Waals surface area contributed by atoms with Crippen molar-refractivity contribution < 1.29 is 0 Å². The molecular weight excluding hydrogens is 274 g/mol. The number of aryl methyl sites for hydroxylation is 1.